The van der Waals surface area contributed by atoms with Crippen molar-refractivity contribution in [3.05, 3.63) is 11.6 Å². The second kappa shape index (κ2) is 16.3. The molecule has 3 saturated carbocycles. The van der Waals surface area contributed by atoms with Crippen LogP contribution in [0.5, 0.6) is 0 Å². The van der Waals surface area contributed by atoms with Crippen molar-refractivity contribution in [1.29, 1.82) is 0 Å². The van der Waals surface area contributed by atoms with E-state index in [0.717, 1.165) is 32.1 Å². The van der Waals surface area contributed by atoms with E-state index in [4.69, 9.17) is 33.2 Å². The Labute approximate surface area is 328 Å². The lowest BCUT2D eigenvalue weighted by atomic mass is 9.47. The molecule has 0 radical (unpaired) electrons. The van der Waals surface area contributed by atoms with Gasteiger partial charge in [-0.3, -0.25) is 4.79 Å². The number of Topliss-reactive ketones (excluding diaryl/α,β-unsaturated/α-hetero) is 1. The number of carbonyl (C=O) groups excluding carboxylic acids is 1. The van der Waals surface area contributed by atoms with E-state index in [1.807, 2.05) is 0 Å². The summed E-state index contributed by atoms with van der Waals surface area (Å²) in [5.74, 6) is 1.33. The van der Waals surface area contributed by atoms with E-state index < -0.39 is 105 Å². The summed E-state index contributed by atoms with van der Waals surface area (Å²) in [7, 11) is 1.71. The van der Waals surface area contributed by atoms with Gasteiger partial charge in [0.25, 0.3) is 0 Å². The molecule has 23 atom stereocenters. The second-order valence-electron chi connectivity index (χ2n) is 18.2. The SMILES string of the molecule is CO[C@H]1C[C@H]2[C@@H]3CC=C4C[C@@H](O[C@@H]5O[C@H](CO)[C@@H](O[C@@H]6O[C@@H](C)[C@H](O)[C@@H](O)[C@H]6O)[C@H](O)[C@H]5O[C@H]5O[C@@H](C)[C@H](O)[C@@H](O)[C@H]5O)CC[C@]4(C)[C@H]3CC[C@]2(C)[C@H]1C(C)=O. The van der Waals surface area contributed by atoms with Gasteiger partial charge in [0.05, 0.1) is 31.0 Å². The molecule has 0 amide bonds. The number of aliphatic hydroxyl groups is 8. The van der Waals surface area contributed by atoms with Gasteiger partial charge in [-0.15, -0.1) is 0 Å². The molecular formula is C40H64O16. The standard InChI is InChI=1S/C40H64O16/c1-16(42)26-24(50-6)14-23-21-8-7-19-13-20(9-11-39(19,4)22(21)10-12-40(23,26)5)53-38-35(56-37-32(48)30(46)28(44)18(3)52-37)33(49)34(25(15-41)54-38)55-36-31(47)29(45)27(43)17(2)51-36/h7,17-18,20-38,41,43-49H,8-15H2,1-6H3/t17-,18-,20-,21+,22-,23-,24-,25+,26-,27-,28-,29+,30+,31+,32+,33-,34+,35+,36-,37+,38+,39-,40-/m0/s1. The fraction of sp³-hybridized carbons (Fsp3) is 0.925. The first kappa shape index (κ1) is 42.9. The fourth-order valence-electron chi connectivity index (χ4n) is 11.9. The maximum absolute atomic E-state index is 12.9. The zero-order valence-corrected chi connectivity index (χ0v) is 33.2. The summed E-state index contributed by atoms with van der Waals surface area (Å²) < 4.78 is 42.2. The molecule has 3 heterocycles. The van der Waals surface area contributed by atoms with E-state index in [1.165, 1.54) is 19.4 Å². The molecule has 16 nitrogen and oxygen atoms in total. The van der Waals surface area contributed by atoms with Gasteiger partial charge in [0.15, 0.2) is 18.9 Å². The molecule has 0 aromatic carbocycles. The highest BCUT2D eigenvalue weighted by atomic mass is 16.8. The predicted molar refractivity (Wildman–Crippen MR) is 193 cm³/mol. The smallest absolute Gasteiger partial charge is 0.187 e. The van der Waals surface area contributed by atoms with Crippen LogP contribution < -0.4 is 0 Å². The van der Waals surface area contributed by atoms with Gasteiger partial charge in [0.1, 0.15) is 66.8 Å². The molecule has 0 bridgehead atoms. The third-order valence-electron chi connectivity index (χ3n) is 15.1. The summed E-state index contributed by atoms with van der Waals surface area (Å²) >= 11 is 0. The number of hydrogen-bond acceptors (Lipinski definition) is 16. The van der Waals surface area contributed by atoms with Gasteiger partial charge in [-0.25, -0.2) is 0 Å². The van der Waals surface area contributed by atoms with Gasteiger partial charge >= 0.3 is 0 Å². The summed E-state index contributed by atoms with van der Waals surface area (Å²) in [5, 5.41) is 85.4. The molecular weight excluding hydrogens is 736 g/mol. The summed E-state index contributed by atoms with van der Waals surface area (Å²) in [4.78, 5) is 12.9. The lowest BCUT2D eigenvalue weighted by Gasteiger charge is -2.58. The van der Waals surface area contributed by atoms with Crippen LogP contribution in [-0.4, -0.2) is 165 Å². The number of ether oxygens (including phenoxy) is 7. The van der Waals surface area contributed by atoms with Crippen molar-refractivity contribution >= 4 is 5.78 Å². The largest absolute Gasteiger partial charge is 0.394 e. The summed E-state index contributed by atoms with van der Waals surface area (Å²) in [6, 6.07) is 0. The number of rotatable bonds is 9. The average molecular weight is 801 g/mol. The van der Waals surface area contributed by atoms with Gasteiger partial charge in [0, 0.05) is 13.0 Å². The first-order chi connectivity index (χ1) is 26.4. The number of hydrogen-bond donors (Lipinski definition) is 8. The molecule has 4 aliphatic carbocycles. The second-order valence-corrected chi connectivity index (χ2v) is 18.2. The first-order valence-corrected chi connectivity index (χ1v) is 20.5. The number of aliphatic hydroxyl groups excluding tert-OH is 8. The van der Waals surface area contributed by atoms with E-state index >= 15 is 0 Å². The third kappa shape index (κ3) is 7.25. The Balaban J connectivity index is 1.11. The van der Waals surface area contributed by atoms with Crippen LogP contribution in [0.25, 0.3) is 0 Å². The zero-order chi connectivity index (χ0) is 40.6. The Bertz CT molecular complexity index is 1430. The molecule has 0 aromatic rings. The third-order valence-corrected chi connectivity index (χ3v) is 15.1. The molecule has 0 aromatic heterocycles. The summed E-state index contributed by atoms with van der Waals surface area (Å²) in [6.07, 6.45) is -13.9. The Hall–Kier alpha value is -1.19. The lowest BCUT2D eigenvalue weighted by Crippen LogP contribution is -2.66. The van der Waals surface area contributed by atoms with E-state index in [2.05, 4.69) is 19.9 Å². The predicted octanol–water partition coefficient (Wildman–Crippen LogP) is -0.332. The summed E-state index contributed by atoms with van der Waals surface area (Å²) in [6.45, 7) is 8.64. The molecule has 3 aliphatic heterocycles. The van der Waals surface area contributed by atoms with Crippen LogP contribution in [0.1, 0.15) is 79.6 Å². The maximum atomic E-state index is 12.9. The van der Waals surface area contributed by atoms with Crippen molar-refractivity contribution in [1.82, 2.24) is 0 Å². The summed E-state index contributed by atoms with van der Waals surface area (Å²) in [5.41, 5.74) is 1.10. The molecule has 8 N–H and O–H groups in total. The Morgan fingerprint density at radius 1 is 0.768 bits per heavy atom. The minimum atomic E-state index is -1.72. The molecule has 0 spiro atoms. The van der Waals surface area contributed by atoms with Crippen molar-refractivity contribution in [2.24, 2.45) is 34.5 Å². The first-order valence-electron chi connectivity index (χ1n) is 20.5. The normalized spacial score (nSPS) is 54.8. The van der Waals surface area contributed by atoms with E-state index in [-0.39, 0.29) is 28.6 Å². The highest BCUT2D eigenvalue weighted by Crippen LogP contribution is 2.66. The van der Waals surface area contributed by atoms with Crippen molar-refractivity contribution in [2.75, 3.05) is 13.7 Å². The van der Waals surface area contributed by atoms with Crippen molar-refractivity contribution in [2.45, 2.75) is 184 Å². The quantitative estimate of drug-likeness (QED) is 0.139. The van der Waals surface area contributed by atoms with Crippen molar-refractivity contribution in [3.63, 3.8) is 0 Å². The monoisotopic (exact) mass is 800 g/mol. The van der Waals surface area contributed by atoms with Crippen molar-refractivity contribution in [3.8, 4) is 0 Å². The van der Waals surface area contributed by atoms with Crippen LogP contribution in [0.2, 0.25) is 0 Å². The van der Waals surface area contributed by atoms with Crippen LogP contribution in [0, 0.1) is 34.5 Å². The maximum Gasteiger partial charge on any atom is 0.187 e. The van der Waals surface area contributed by atoms with E-state index in [9.17, 15) is 45.6 Å². The zero-order valence-electron chi connectivity index (χ0n) is 33.2. The highest BCUT2D eigenvalue weighted by Gasteiger charge is 2.63. The van der Waals surface area contributed by atoms with Gasteiger partial charge in [-0.05, 0) is 94.3 Å². The number of carbonyl (C=O) groups is 1. The Morgan fingerprint density at radius 3 is 1.95 bits per heavy atom. The van der Waals surface area contributed by atoms with Gasteiger partial charge < -0.3 is 74.0 Å². The van der Waals surface area contributed by atoms with Gasteiger partial charge in [0.2, 0.25) is 0 Å². The van der Waals surface area contributed by atoms with Gasteiger partial charge in [-0.1, -0.05) is 25.5 Å². The van der Waals surface area contributed by atoms with E-state index in [0.29, 0.717) is 30.6 Å². The molecule has 3 saturated heterocycles. The molecule has 7 rings (SSSR count). The number of ketones is 1. The van der Waals surface area contributed by atoms with Crippen LogP contribution in [0.15, 0.2) is 11.6 Å². The van der Waals surface area contributed by atoms with Crippen molar-refractivity contribution < 1.29 is 78.8 Å². The molecule has 56 heavy (non-hydrogen) atoms. The molecule has 6 fully saturated rings. The number of methoxy groups -OCH3 is 1. The topological polar surface area (TPSA) is 244 Å². The number of allylic oxidation sites excluding steroid dienone is 1. The molecule has 0 unspecified atom stereocenters. The lowest BCUT2D eigenvalue weighted by molar-refractivity contribution is -0.388. The minimum Gasteiger partial charge on any atom is -0.394 e. The van der Waals surface area contributed by atoms with Gasteiger partial charge in [-0.2, -0.15) is 0 Å². The van der Waals surface area contributed by atoms with Crippen LogP contribution >= 0.6 is 0 Å². The van der Waals surface area contributed by atoms with Crippen LogP contribution in [-0.2, 0) is 38.0 Å². The minimum absolute atomic E-state index is 0.0719. The molecule has 7 aliphatic rings. The van der Waals surface area contributed by atoms with Crippen LogP contribution in [0.4, 0.5) is 0 Å². The average Bonchev–Trinajstić information content (AvgIpc) is 3.49. The highest BCUT2D eigenvalue weighted by molar-refractivity contribution is 5.80. The molecule has 16 heteroatoms. The number of fused-ring (bicyclic) bond motifs is 5. The molecule has 320 valence electrons. The Kier molecular flexibility index (Phi) is 12.5. The fourth-order valence-corrected chi connectivity index (χ4v) is 11.9. The Morgan fingerprint density at radius 2 is 1.38 bits per heavy atom. The van der Waals surface area contributed by atoms with Crippen LogP contribution in [0.3, 0.4) is 0 Å². The van der Waals surface area contributed by atoms with E-state index in [1.54, 1.807) is 14.0 Å².